The van der Waals surface area contributed by atoms with Gasteiger partial charge < -0.3 is 15.4 Å². The van der Waals surface area contributed by atoms with E-state index in [0.29, 0.717) is 17.8 Å². The first-order valence-corrected chi connectivity index (χ1v) is 6.68. The molecule has 0 amide bonds. The first-order chi connectivity index (χ1) is 8.76. The molecule has 18 heavy (non-hydrogen) atoms. The standard InChI is InChI=1S/C13H20N4O/c1-18-10-4-6-17(7-5-10)12-8-11(14)15-13(16-12)9-2-3-9/h8-10H,2-7H2,1H3,(H2,14,15,16). The van der Waals surface area contributed by atoms with Gasteiger partial charge in [-0.3, -0.25) is 0 Å². The van der Waals surface area contributed by atoms with Crippen LogP contribution in [0.5, 0.6) is 0 Å². The van der Waals surface area contributed by atoms with E-state index in [0.717, 1.165) is 37.6 Å². The Balaban J connectivity index is 1.75. The number of aromatic nitrogens is 2. The Kier molecular flexibility index (Phi) is 3.07. The summed E-state index contributed by atoms with van der Waals surface area (Å²) in [5, 5.41) is 0. The van der Waals surface area contributed by atoms with Crippen LogP contribution in [-0.2, 0) is 4.74 Å². The minimum absolute atomic E-state index is 0.392. The molecule has 0 spiro atoms. The third kappa shape index (κ3) is 2.41. The molecular formula is C13H20N4O. The number of hydrogen-bond donors (Lipinski definition) is 1. The fraction of sp³-hybridized carbons (Fsp3) is 0.692. The maximum Gasteiger partial charge on any atom is 0.136 e. The summed E-state index contributed by atoms with van der Waals surface area (Å²) in [5.41, 5.74) is 5.88. The van der Waals surface area contributed by atoms with Crippen molar-refractivity contribution in [2.75, 3.05) is 30.8 Å². The summed E-state index contributed by atoms with van der Waals surface area (Å²) in [6, 6.07) is 1.89. The molecule has 5 nitrogen and oxygen atoms in total. The molecule has 2 heterocycles. The quantitative estimate of drug-likeness (QED) is 0.879. The number of nitrogens with zero attached hydrogens (tertiary/aromatic N) is 3. The van der Waals surface area contributed by atoms with Gasteiger partial charge in [-0.15, -0.1) is 0 Å². The van der Waals surface area contributed by atoms with Crippen LogP contribution in [0.15, 0.2) is 6.07 Å². The average molecular weight is 248 g/mol. The van der Waals surface area contributed by atoms with Crippen molar-refractivity contribution in [3.05, 3.63) is 11.9 Å². The van der Waals surface area contributed by atoms with Gasteiger partial charge >= 0.3 is 0 Å². The molecule has 0 unspecified atom stereocenters. The lowest BCUT2D eigenvalue weighted by Gasteiger charge is -2.32. The lowest BCUT2D eigenvalue weighted by molar-refractivity contribution is 0.0818. The summed E-state index contributed by atoms with van der Waals surface area (Å²) in [5.74, 6) is 3.05. The van der Waals surface area contributed by atoms with Crippen LogP contribution in [0, 0.1) is 0 Å². The van der Waals surface area contributed by atoms with E-state index in [2.05, 4.69) is 14.9 Å². The van der Waals surface area contributed by atoms with Gasteiger partial charge in [0.2, 0.25) is 0 Å². The zero-order valence-corrected chi connectivity index (χ0v) is 10.8. The van der Waals surface area contributed by atoms with Crippen molar-refractivity contribution >= 4 is 11.6 Å². The van der Waals surface area contributed by atoms with Crippen molar-refractivity contribution in [3.63, 3.8) is 0 Å². The topological polar surface area (TPSA) is 64.3 Å². The lowest BCUT2D eigenvalue weighted by Crippen LogP contribution is -2.37. The number of piperidine rings is 1. The maximum absolute atomic E-state index is 5.88. The minimum Gasteiger partial charge on any atom is -0.384 e. The highest BCUT2D eigenvalue weighted by Crippen LogP contribution is 2.39. The second-order valence-electron chi connectivity index (χ2n) is 5.21. The van der Waals surface area contributed by atoms with E-state index in [9.17, 15) is 0 Å². The van der Waals surface area contributed by atoms with Crippen molar-refractivity contribution in [3.8, 4) is 0 Å². The molecule has 3 rings (SSSR count). The van der Waals surface area contributed by atoms with E-state index in [1.165, 1.54) is 12.8 Å². The molecule has 1 aromatic heterocycles. The van der Waals surface area contributed by atoms with Crippen LogP contribution in [0.3, 0.4) is 0 Å². The fourth-order valence-electron chi connectivity index (χ4n) is 2.48. The van der Waals surface area contributed by atoms with Gasteiger partial charge in [0, 0.05) is 32.2 Å². The number of hydrogen-bond acceptors (Lipinski definition) is 5. The number of rotatable bonds is 3. The Morgan fingerprint density at radius 2 is 1.94 bits per heavy atom. The first kappa shape index (κ1) is 11.7. The van der Waals surface area contributed by atoms with Crippen molar-refractivity contribution < 1.29 is 4.74 Å². The third-order valence-electron chi connectivity index (χ3n) is 3.79. The largest absolute Gasteiger partial charge is 0.384 e. The number of nitrogen functional groups attached to an aromatic ring is 1. The van der Waals surface area contributed by atoms with Crippen LogP contribution < -0.4 is 10.6 Å². The summed E-state index contributed by atoms with van der Waals surface area (Å²) < 4.78 is 5.39. The lowest BCUT2D eigenvalue weighted by atomic mass is 10.1. The summed E-state index contributed by atoms with van der Waals surface area (Å²) in [6.07, 6.45) is 4.91. The molecule has 1 saturated carbocycles. The molecule has 2 aliphatic rings. The van der Waals surface area contributed by atoms with Crippen LogP contribution in [-0.4, -0.2) is 36.3 Å². The van der Waals surface area contributed by atoms with Gasteiger partial charge in [0.15, 0.2) is 0 Å². The molecule has 1 aliphatic carbocycles. The normalized spacial score (nSPS) is 21.3. The zero-order chi connectivity index (χ0) is 12.5. The highest BCUT2D eigenvalue weighted by atomic mass is 16.5. The summed E-state index contributed by atoms with van der Waals surface area (Å²) >= 11 is 0. The van der Waals surface area contributed by atoms with E-state index in [-0.39, 0.29) is 0 Å². The van der Waals surface area contributed by atoms with E-state index in [1.807, 2.05) is 6.07 Å². The highest BCUT2D eigenvalue weighted by molar-refractivity contribution is 5.48. The Hall–Kier alpha value is -1.36. The smallest absolute Gasteiger partial charge is 0.136 e. The highest BCUT2D eigenvalue weighted by Gasteiger charge is 2.28. The molecule has 98 valence electrons. The van der Waals surface area contributed by atoms with Gasteiger partial charge in [-0.2, -0.15) is 0 Å². The van der Waals surface area contributed by atoms with Gasteiger partial charge in [-0.25, -0.2) is 9.97 Å². The predicted octanol–water partition coefficient (Wildman–Crippen LogP) is 1.55. The summed E-state index contributed by atoms with van der Waals surface area (Å²) in [6.45, 7) is 1.97. The first-order valence-electron chi connectivity index (χ1n) is 6.68. The fourth-order valence-corrected chi connectivity index (χ4v) is 2.48. The summed E-state index contributed by atoms with van der Waals surface area (Å²) in [4.78, 5) is 11.3. The molecule has 0 atom stereocenters. The third-order valence-corrected chi connectivity index (χ3v) is 3.79. The van der Waals surface area contributed by atoms with E-state index < -0.39 is 0 Å². The zero-order valence-electron chi connectivity index (χ0n) is 10.8. The van der Waals surface area contributed by atoms with E-state index >= 15 is 0 Å². The molecule has 0 bridgehead atoms. The van der Waals surface area contributed by atoms with Crippen LogP contribution in [0.4, 0.5) is 11.6 Å². The predicted molar refractivity (Wildman–Crippen MR) is 70.7 cm³/mol. The molecule has 1 aliphatic heterocycles. The van der Waals surface area contributed by atoms with E-state index in [1.54, 1.807) is 7.11 Å². The van der Waals surface area contributed by atoms with Crippen molar-refractivity contribution in [2.24, 2.45) is 0 Å². The number of ether oxygens (including phenoxy) is 1. The van der Waals surface area contributed by atoms with Crippen LogP contribution in [0.2, 0.25) is 0 Å². The molecule has 0 radical (unpaired) electrons. The molecule has 1 aromatic rings. The van der Waals surface area contributed by atoms with Gasteiger partial charge in [0.05, 0.1) is 6.10 Å². The molecule has 2 fully saturated rings. The Morgan fingerprint density at radius 3 is 2.56 bits per heavy atom. The van der Waals surface area contributed by atoms with Gasteiger partial charge in [0.1, 0.15) is 17.5 Å². The van der Waals surface area contributed by atoms with Gasteiger partial charge in [0.25, 0.3) is 0 Å². The van der Waals surface area contributed by atoms with Crippen LogP contribution in [0.25, 0.3) is 0 Å². The van der Waals surface area contributed by atoms with Gasteiger partial charge in [-0.1, -0.05) is 0 Å². The number of methoxy groups -OCH3 is 1. The van der Waals surface area contributed by atoms with Crippen molar-refractivity contribution in [1.29, 1.82) is 0 Å². The Labute approximate surface area is 107 Å². The van der Waals surface area contributed by atoms with Crippen LogP contribution >= 0.6 is 0 Å². The molecular weight excluding hydrogens is 228 g/mol. The monoisotopic (exact) mass is 248 g/mol. The second kappa shape index (κ2) is 4.72. The number of anilines is 2. The molecule has 2 N–H and O–H groups in total. The van der Waals surface area contributed by atoms with E-state index in [4.69, 9.17) is 10.5 Å². The molecule has 5 heteroatoms. The van der Waals surface area contributed by atoms with Crippen molar-refractivity contribution in [2.45, 2.75) is 37.7 Å². The SMILES string of the molecule is COC1CCN(c2cc(N)nc(C3CC3)n2)CC1. The molecule has 0 aromatic carbocycles. The van der Waals surface area contributed by atoms with Gasteiger partial charge in [-0.05, 0) is 25.7 Å². The number of nitrogens with two attached hydrogens (primary N) is 1. The second-order valence-corrected chi connectivity index (χ2v) is 5.21. The Morgan fingerprint density at radius 1 is 1.22 bits per heavy atom. The Bertz CT molecular complexity index is 425. The molecule has 1 saturated heterocycles. The summed E-state index contributed by atoms with van der Waals surface area (Å²) in [7, 11) is 1.79. The van der Waals surface area contributed by atoms with Crippen molar-refractivity contribution in [1.82, 2.24) is 9.97 Å². The minimum atomic E-state index is 0.392. The van der Waals surface area contributed by atoms with Crippen LogP contribution in [0.1, 0.15) is 37.4 Å². The maximum atomic E-state index is 5.88. The average Bonchev–Trinajstić information content (AvgIpc) is 3.22.